The molecule has 3 heterocycles. The Kier molecular flexibility index (Phi) is 5.98. The molecule has 0 radical (unpaired) electrons. The average molecular weight is 483 g/mol. The van der Waals surface area contributed by atoms with Crippen LogP contribution in [0.1, 0.15) is 29.2 Å². The van der Waals surface area contributed by atoms with Crippen molar-refractivity contribution < 1.29 is 22.4 Å². The van der Waals surface area contributed by atoms with Crippen molar-refractivity contribution in [3.63, 3.8) is 0 Å². The van der Waals surface area contributed by atoms with Crippen LogP contribution in [-0.2, 0) is 16.4 Å². The Bertz CT molecular complexity index is 967. The highest BCUT2D eigenvalue weighted by Crippen LogP contribution is 2.23. The van der Waals surface area contributed by atoms with Gasteiger partial charge < -0.3 is 14.5 Å². The number of hydrogen-bond donors (Lipinski definition) is 1. The van der Waals surface area contributed by atoms with E-state index in [1.165, 1.54) is 0 Å². The molecule has 1 aromatic heterocycles. The Morgan fingerprint density at radius 1 is 1.14 bits per heavy atom. The third-order valence-corrected chi connectivity index (χ3v) is 7.57. The molecule has 0 saturated carbocycles. The Labute approximate surface area is 178 Å². The third-order valence-electron chi connectivity index (χ3n) is 5.33. The number of benzene rings is 1. The molecule has 2 aliphatic rings. The summed E-state index contributed by atoms with van der Waals surface area (Å²) >= 11 is 3.37. The summed E-state index contributed by atoms with van der Waals surface area (Å²) in [6, 6.07) is 10.1. The van der Waals surface area contributed by atoms with Crippen molar-refractivity contribution in [2.24, 2.45) is 0 Å². The number of ether oxygens (including phenoxy) is 1. The summed E-state index contributed by atoms with van der Waals surface area (Å²) in [4.78, 5) is 14.8. The minimum absolute atomic E-state index is 0.0276. The van der Waals surface area contributed by atoms with Crippen molar-refractivity contribution in [1.29, 1.82) is 0 Å². The van der Waals surface area contributed by atoms with E-state index in [0.717, 1.165) is 30.4 Å². The number of likely N-dealkylation sites (tertiary alicyclic amines) is 1. The van der Waals surface area contributed by atoms with Crippen molar-refractivity contribution in [2.45, 2.75) is 31.5 Å². The maximum atomic E-state index is 12.6. The lowest BCUT2D eigenvalue weighted by molar-refractivity contribution is 0.0886. The van der Waals surface area contributed by atoms with Crippen LogP contribution in [0.2, 0.25) is 0 Å². The fourth-order valence-electron chi connectivity index (χ4n) is 3.90. The van der Waals surface area contributed by atoms with Gasteiger partial charge in [0.05, 0.1) is 17.5 Å². The van der Waals surface area contributed by atoms with Gasteiger partial charge in [-0.2, -0.15) is 0 Å². The molecule has 2 atom stereocenters. The maximum absolute atomic E-state index is 12.6. The smallest absolute Gasteiger partial charge is 0.287 e. The van der Waals surface area contributed by atoms with E-state index >= 15 is 0 Å². The quantitative estimate of drug-likeness (QED) is 0.680. The maximum Gasteiger partial charge on any atom is 0.287 e. The van der Waals surface area contributed by atoms with Crippen LogP contribution >= 0.6 is 15.9 Å². The number of carbonyl (C=O) groups is 1. The molecule has 7 nitrogen and oxygen atoms in total. The molecule has 29 heavy (non-hydrogen) atoms. The van der Waals surface area contributed by atoms with Gasteiger partial charge in [-0.25, -0.2) is 8.42 Å². The lowest BCUT2D eigenvalue weighted by Crippen LogP contribution is -2.50. The SMILES string of the molecule is O=C(N[C@@H]1CS(=O)(=O)C[C@H]1N1CCCC1)c1ccc(COc2ccc(Br)cc2)o1. The van der Waals surface area contributed by atoms with E-state index in [2.05, 4.69) is 26.1 Å². The average Bonchev–Trinajstić information content (AvgIpc) is 3.41. The second kappa shape index (κ2) is 8.49. The number of sulfone groups is 1. The minimum Gasteiger partial charge on any atom is -0.486 e. The first kappa shape index (κ1) is 20.4. The first-order chi connectivity index (χ1) is 13.9. The van der Waals surface area contributed by atoms with Crippen molar-refractivity contribution >= 4 is 31.7 Å². The number of hydrogen-bond acceptors (Lipinski definition) is 6. The van der Waals surface area contributed by atoms with Crippen molar-refractivity contribution in [2.75, 3.05) is 24.6 Å². The molecule has 156 valence electrons. The minimum atomic E-state index is -3.16. The number of rotatable bonds is 6. The molecule has 2 aromatic rings. The normalized spacial score (nSPS) is 23.9. The second-order valence-electron chi connectivity index (χ2n) is 7.48. The summed E-state index contributed by atoms with van der Waals surface area (Å²) in [7, 11) is -3.16. The summed E-state index contributed by atoms with van der Waals surface area (Å²) in [5.74, 6) is 1.05. The van der Waals surface area contributed by atoms with E-state index in [-0.39, 0.29) is 29.9 Å². The predicted octanol–water partition coefficient (Wildman–Crippen LogP) is 2.61. The molecular formula is C20H23BrN2O5S. The van der Waals surface area contributed by atoms with Gasteiger partial charge in [-0.3, -0.25) is 9.69 Å². The first-order valence-corrected chi connectivity index (χ1v) is 12.2. The van der Waals surface area contributed by atoms with Gasteiger partial charge in [-0.1, -0.05) is 15.9 Å². The van der Waals surface area contributed by atoms with Crippen molar-refractivity contribution in [1.82, 2.24) is 10.2 Å². The summed E-state index contributed by atoms with van der Waals surface area (Å²) < 4.78 is 36.5. The topological polar surface area (TPSA) is 88.9 Å². The Balaban J connectivity index is 1.37. The Morgan fingerprint density at radius 2 is 1.86 bits per heavy atom. The van der Waals surface area contributed by atoms with Gasteiger partial charge in [0.15, 0.2) is 15.6 Å². The largest absolute Gasteiger partial charge is 0.486 e. The van der Waals surface area contributed by atoms with Crippen LogP contribution in [0.3, 0.4) is 0 Å². The van der Waals surface area contributed by atoms with E-state index in [1.807, 2.05) is 24.3 Å². The summed E-state index contributed by atoms with van der Waals surface area (Å²) in [5.41, 5.74) is 0. The van der Waals surface area contributed by atoms with Crippen LogP contribution in [0.15, 0.2) is 45.3 Å². The lowest BCUT2D eigenvalue weighted by Gasteiger charge is -2.28. The number of nitrogens with one attached hydrogen (secondary N) is 1. The lowest BCUT2D eigenvalue weighted by atomic mass is 10.1. The van der Waals surface area contributed by atoms with Gasteiger partial charge in [0.1, 0.15) is 18.1 Å². The summed E-state index contributed by atoms with van der Waals surface area (Å²) in [6.45, 7) is 1.96. The van der Waals surface area contributed by atoms with Crippen LogP contribution in [0.5, 0.6) is 5.75 Å². The predicted molar refractivity (Wildman–Crippen MR) is 112 cm³/mol. The molecule has 0 bridgehead atoms. The first-order valence-electron chi connectivity index (χ1n) is 9.62. The number of amides is 1. The molecule has 9 heteroatoms. The molecule has 2 aliphatic heterocycles. The molecule has 2 fully saturated rings. The Hall–Kier alpha value is -1.84. The number of carbonyl (C=O) groups excluding carboxylic acids is 1. The van der Waals surface area contributed by atoms with E-state index in [1.54, 1.807) is 12.1 Å². The fraction of sp³-hybridized carbons (Fsp3) is 0.450. The van der Waals surface area contributed by atoms with Gasteiger partial charge in [0, 0.05) is 10.5 Å². The summed E-state index contributed by atoms with van der Waals surface area (Å²) in [6.07, 6.45) is 2.13. The van der Waals surface area contributed by atoms with Gasteiger partial charge in [0.2, 0.25) is 0 Å². The standard InChI is InChI=1S/C20H23BrN2O5S/c21-14-3-5-15(6-4-14)27-11-16-7-8-19(28-16)20(24)22-17-12-29(25,26)13-18(17)23-9-1-2-10-23/h3-8,17-18H,1-2,9-13H2,(H,22,24)/t17-,18-/m1/s1. The zero-order valence-electron chi connectivity index (χ0n) is 15.8. The third kappa shape index (κ3) is 5.02. The molecule has 2 saturated heterocycles. The van der Waals surface area contributed by atoms with Crippen LogP contribution < -0.4 is 10.1 Å². The molecule has 4 rings (SSSR count). The number of furan rings is 1. The van der Waals surface area contributed by atoms with Gasteiger partial charge in [-0.05, 0) is 62.3 Å². The van der Waals surface area contributed by atoms with Crippen LogP contribution in [0, 0.1) is 0 Å². The molecular weight excluding hydrogens is 460 g/mol. The van der Waals surface area contributed by atoms with Gasteiger partial charge >= 0.3 is 0 Å². The van der Waals surface area contributed by atoms with E-state index < -0.39 is 21.8 Å². The Morgan fingerprint density at radius 3 is 2.59 bits per heavy atom. The monoisotopic (exact) mass is 482 g/mol. The van der Waals surface area contributed by atoms with E-state index in [9.17, 15) is 13.2 Å². The van der Waals surface area contributed by atoms with Gasteiger partial charge in [-0.15, -0.1) is 0 Å². The highest BCUT2D eigenvalue weighted by Gasteiger charge is 2.42. The highest BCUT2D eigenvalue weighted by molar-refractivity contribution is 9.10. The van der Waals surface area contributed by atoms with Crippen LogP contribution in [0.25, 0.3) is 0 Å². The highest BCUT2D eigenvalue weighted by atomic mass is 79.9. The fourth-order valence-corrected chi connectivity index (χ4v) is 6.12. The van der Waals surface area contributed by atoms with Crippen molar-refractivity contribution in [3.05, 3.63) is 52.4 Å². The number of halogens is 1. The summed E-state index contributed by atoms with van der Waals surface area (Å²) in [5, 5.41) is 2.87. The number of nitrogens with zero attached hydrogens (tertiary/aromatic N) is 1. The molecule has 0 aliphatic carbocycles. The van der Waals surface area contributed by atoms with Crippen LogP contribution in [0.4, 0.5) is 0 Å². The molecule has 1 amide bonds. The molecule has 1 aromatic carbocycles. The van der Waals surface area contributed by atoms with E-state index in [4.69, 9.17) is 9.15 Å². The van der Waals surface area contributed by atoms with Crippen LogP contribution in [-0.4, -0.2) is 55.9 Å². The zero-order valence-corrected chi connectivity index (χ0v) is 18.2. The zero-order chi connectivity index (χ0) is 20.4. The van der Waals surface area contributed by atoms with Gasteiger partial charge in [0.25, 0.3) is 5.91 Å². The molecule has 1 N–H and O–H groups in total. The second-order valence-corrected chi connectivity index (χ2v) is 10.5. The van der Waals surface area contributed by atoms with E-state index in [0.29, 0.717) is 11.5 Å². The molecule has 0 spiro atoms. The van der Waals surface area contributed by atoms with Crippen molar-refractivity contribution in [3.8, 4) is 5.75 Å². The molecule has 0 unspecified atom stereocenters.